The van der Waals surface area contributed by atoms with Gasteiger partial charge in [-0.2, -0.15) is 4.98 Å². The van der Waals surface area contributed by atoms with Crippen molar-refractivity contribution in [1.29, 1.82) is 0 Å². The molecule has 3 rings (SSSR count). The number of aryl methyl sites for hydroxylation is 2. The fraction of sp³-hybridized carbons (Fsp3) is 0.250. The maximum Gasteiger partial charge on any atom is 0.258 e. The molecule has 2 aromatic carbocycles. The second-order valence-electron chi connectivity index (χ2n) is 6.14. The van der Waals surface area contributed by atoms with Crippen LogP contribution >= 0.6 is 0 Å². The van der Waals surface area contributed by atoms with Crippen LogP contribution in [0.4, 0.5) is 0 Å². The van der Waals surface area contributed by atoms with E-state index in [1.807, 2.05) is 63.2 Å². The number of aromatic nitrogens is 2. The van der Waals surface area contributed by atoms with Gasteiger partial charge in [-0.25, -0.2) is 0 Å². The Balaban J connectivity index is 1.53. The van der Waals surface area contributed by atoms with Crippen molar-refractivity contribution in [2.75, 3.05) is 6.61 Å². The number of carbonyl (C=O) groups is 1. The van der Waals surface area contributed by atoms with Gasteiger partial charge in [-0.1, -0.05) is 41.1 Å². The molecule has 0 saturated heterocycles. The summed E-state index contributed by atoms with van der Waals surface area (Å²) in [5, 5.41) is 6.67. The molecule has 0 bridgehead atoms. The molecule has 0 fully saturated rings. The highest BCUT2D eigenvalue weighted by Crippen LogP contribution is 2.20. The average molecular weight is 351 g/mol. The Hall–Kier alpha value is -3.15. The van der Waals surface area contributed by atoms with E-state index in [0.29, 0.717) is 17.5 Å². The standard InChI is InChI=1S/C20H21N3O3/c1-13-6-4-8-16(10-13)20-22-19(26-23-20)11-21-18(24)12-25-17-9-5-7-14(2)15(17)3/h4-10H,11-12H2,1-3H3,(H,21,24). The van der Waals surface area contributed by atoms with Crippen LogP contribution in [0, 0.1) is 20.8 Å². The smallest absolute Gasteiger partial charge is 0.258 e. The first-order valence-electron chi connectivity index (χ1n) is 8.38. The number of amides is 1. The molecule has 6 nitrogen and oxygen atoms in total. The lowest BCUT2D eigenvalue weighted by Crippen LogP contribution is -2.28. The Morgan fingerprint density at radius 3 is 2.77 bits per heavy atom. The molecule has 6 heteroatoms. The van der Waals surface area contributed by atoms with E-state index in [4.69, 9.17) is 9.26 Å². The third-order valence-corrected chi connectivity index (χ3v) is 4.09. The van der Waals surface area contributed by atoms with Gasteiger partial charge in [-0.05, 0) is 44.0 Å². The topological polar surface area (TPSA) is 77.2 Å². The summed E-state index contributed by atoms with van der Waals surface area (Å²) in [6.07, 6.45) is 0. The molecule has 1 amide bonds. The number of nitrogens with zero attached hydrogens (tertiary/aromatic N) is 2. The van der Waals surface area contributed by atoms with E-state index >= 15 is 0 Å². The van der Waals surface area contributed by atoms with Gasteiger partial charge in [0.15, 0.2) is 6.61 Å². The van der Waals surface area contributed by atoms with Gasteiger partial charge in [-0.3, -0.25) is 4.79 Å². The molecule has 0 aliphatic rings. The minimum atomic E-state index is -0.249. The molecular weight excluding hydrogens is 330 g/mol. The summed E-state index contributed by atoms with van der Waals surface area (Å²) in [5.41, 5.74) is 4.15. The number of hydrogen-bond donors (Lipinski definition) is 1. The highest BCUT2D eigenvalue weighted by atomic mass is 16.5. The fourth-order valence-corrected chi connectivity index (χ4v) is 2.48. The highest BCUT2D eigenvalue weighted by molar-refractivity contribution is 5.77. The molecule has 0 unspecified atom stereocenters. The van der Waals surface area contributed by atoms with Crippen LogP contribution in [-0.2, 0) is 11.3 Å². The predicted molar refractivity (Wildman–Crippen MR) is 97.7 cm³/mol. The zero-order valence-corrected chi connectivity index (χ0v) is 15.1. The number of nitrogens with one attached hydrogen (secondary N) is 1. The molecule has 0 saturated carbocycles. The average Bonchev–Trinajstić information content (AvgIpc) is 3.10. The molecule has 1 heterocycles. The lowest BCUT2D eigenvalue weighted by atomic mass is 10.1. The maximum absolute atomic E-state index is 12.0. The van der Waals surface area contributed by atoms with Crippen molar-refractivity contribution >= 4 is 5.91 Å². The summed E-state index contributed by atoms with van der Waals surface area (Å²) < 4.78 is 10.8. The van der Waals surface area contributed by atoms with E-state index in [9.17, 15) is 4.79 Å². The SMILES string of the molecule is Cc1cccc(-c2noc(CNC(=O)COc3cccc(C)c3C)n2)c1. The van der Waals surface area contributed by atoms with E-state index < -0.39 is 0 Å². The predicted octanol–water partition coefficient (Wildman–Crippen LogP) is 3.36. The molecule has 1 N–H and O–H groups in total. The Bertz CT molecular complexity index is 918. The summed E-state index contributed by atoms with van der Waals surface area (Å²) in [6, 6.07) is 13.6. The lowest BCUT2D eigenvalue weighted by molar-refractivity contribution is -0.123. The summed E-state index contributed by atoms with van der Waals surface area (Å²) in [7, 11) is 0. The third-order valence-electron chi connectivity index (χ3n) is 4.09. The number of ether oxygens (including phenoxy) is 1. The molecule has 1 aromatic heterocycles. The zero-order chi connectivity index (χ0) is 18.5. The first-order chi connectivity index (χ1) is 12.5. The second kappa shape index (κ2) is 7.82. The van der Waals surface area contributed by atoms with Crippen LogP contribution < -0.4 is 10.1 Å². The van der Waals surface area contributed by atoms with Gasteiger partial charge in [0, 0.05) is 5.56 Å². The second-order valence-corrected chi connectivity index (χ2v) is 6.14. The number of benzene rings is 2. The molecule has 0 radical (unpaired) electrons. The normalized spacial score (nSPS) is 10.6. The van der Waals surface area contributed by atoms with Crippen LogP contribution in [-0.4, -0.2) is 22.7 Å². The van der Waals surface area contributed by atoms with E-state index in [-0.39, 0.29) is 19.1 Å². The van der Waals surface area contributed by atoms with Gasteiger partial charge in [0.2, 0.25) is 11.7 Å². The van der Waals surface area contributed by atoms with Crippen LogP contribution in [0.2, 0.25) is 0 Å². The molecule has 0 spiro atoms. The first-order valence-corrected chi connectivity index (χ1v) is 8.38. The maximum atomic E-state index is 12.0. The van der Waals surface area contributed by atoms with Crippen molar-refractivity contribution in [3.8, 4) is 17.1 Å². The van der Waals surface area contributed by atoms with Crippen molar-refractivity contribution in [3.05, 3.63) is 65.0 Å². The first kappa shape index (κ1) is 17.7. The van der Waals surface area contributed by atoms with Crippen molar-refractivity contribution in [2.45, 2.75) is 27.3 Å². The molecule has 0 aliphatic carbocycles. The van der Waals surface area contributed by atoms with Crippen molar-refractivity contribution < 1.29 is 14.1 Å². The summed E-state index contributed by atoms with van der Waals surface area (Å²) in [6.45, 7) is 6.06. The monoisotopic (exact) mass is 351 g/mol. The largest absolute Gasteiger partial charge is 0.483 e. The lowest BCUT2D eigenvalue weighted by Gasteiger charge is -2.10. The van der Waals surface area contributed by atoms with Crippen molar-refractivity contribution in [1.82, 2.24) is 15.5 Å². The Labute approximate surface area is 152 Å². The van der Waals surface area contributed by atoms with Gasteiger partial charge in [0.1, 0.15) is 5.75 Å². The molecule has 0 aliphatic heterocycles. The quantitative estimate of drug-likeness (QED) is 0.737. The Kier molecular flexibility index (Phi) is 5.31. The number of hydrogen-bond acceptors (Lipinski definition) is 5. The van der Waals surface area contributed by atoms with E-state index in [0.717, 1.165) is 22.3 Å². The van der Waals surface area contributed by atoms with Crippen LogP contribution in [0.15, 0.2) is 47.0 Å². The van der Waals surface area contributed by atoms with E-state index in [2.05, 4.69) is 15.5 Å². The molecule has 3 aromatic rings. The molecule has 134 valence electrons. The van der Waals surface area contributed by atoms with Gasteiger partial charge >= 0.3 is 0 Å². The Morgan fingerprint density at radius 2 is 1.96 bits per heavy atom. The third kappa shape index (κ3) is 4.27. The zero-order valence-electron chi connectivity index (χ0n) is 15.1. The van der Waals surface area contributed by atoms with Gasteiger partial charge in [-0.15, -0.1) is 0 Å². The number of rotatable bonds is 6. The molecule has 0 atom stereocenters. The summed E-state index contributed by atoms with van der Waals surface area (Å²) in [5.74, 6) is 1.31. The van der Waals surface area contributed by atoms with Gasteiger partial charge in [0.25, 0.3) is 5.91 Å². The summed E-state index contributed by atoms with van der Waals surface area (Å²) >= 11 is 0. The van der Waals surface area contributed by atoms with E-state index in [1.165, 1.54) is 0 Å². The van der Waals surface area contributed by atoms with Crippen LogP contribution in [0.25, 0.3) is 11.4 Å². The number of carbonyl (C=O) groups excluding carboxylic acids is 1. The molecular formula is C20H21N3O3. The van der Waals surface area contributed by atoms with Crippen LogP contribution in [0.3, 0.4) is 0 Å². The fourth-order valence-electron chi connectivity index (χ4n) is 2.48. The van der Waals surface area contributed by atoms with Crippen molar-refractivity contribution in [2.24, 2.45) is 0 Å². The summed E-state index contributed by atoms with van der Waals surface area (Å²) in [4.78, 5) is 16.3. The molecule has 26 heavy (non-hydrogen) atoms. The van der Waals surface area contributed by atoms with E-state index in [1.54, 1.807) is 0 Å². The van der Waals surface area contributed by atoms with Gasteiger partial charge in [0.05, 0.1) is 6.54 Å². The van der Waals surface area contributed by atoms with Crippen LogP contribution in [0.5, 0.6) is 5.75 Å². The minimum absolute atomic E-state index is 0.0663. The Morgan fingerprint density at radius 1 is 1.15 bits per heavy atom. The van der Waals surface area contributed by atoms with Crippen molar-refractivity contribution in [3.63, 3.8) is 0 Å². The van der Waals surface area contributed by atoms with Crippen LogP contribution in [0.1, 0.15) is 22.6 Å². The minimum Gasteiger partial charge on any atom is -0.483 e. The highest BCUT2D eigenvalue weighted by Gasteiger charge is 2.11. The van der Waals surface area contributed by atoms with Gasteiger partial charge < -0.3 is 14.6 Å².